The van der Waals surface area contributed by atoms with Gasteiger partial charge in [-0.2, -0.15) is 0 Å². The Morgan fingerprint density at radius 3 is 2.15 bits per heavy atom. The zero-order chi connectivity index (χ0) is 19.4. The molecule has 1 heterocycles. The molecule has 5 nitrogen and oxygen atoms in total. The van der Waals surface area contributed by atoms with Gasteiger partial charge in [-0.25, -0.2) is 0 Å². The lowest BCUT2D eigenvalue weighted by Gasteiger charge is -2.37. The van der Waals surface area contributed by atoms with Gasteiger partial charge in [-0.05, 0) is 49.9 Å². The van der Waals surface area contributed by atoms with Gasteiger partial charge in [-0.1, -0.05) is 30.9 Å². The van der Waals surface area contributed by atoms with Crippen molar-refractivity contribution < 1.29 is 14.3 Å². The Hall–Kier alpha value is -1.75. The van der Waals surface area contributed by atoms with Gasteiger partial charge in [-0.15, -0.1) is 0 Å². The van der Waals surface area contributed by atoms with E-state index in [0.717, 1.165) is 41.8 Å². The highest BCUT2D eigenvalue weighted by Crippen LogP contribution is 2.27. The summed E-state index contributed by atoms with van der Waals surface area (Å²) in [4.78, 5) is 28.8. The third-order valence-electron chi connectivity index (χ3n) is 5.67. The predicted molar refractivity (Wildman–Crippen MR) is 106 cm³/mol. The standard InChI is InChI=1S/C21H29ClN2O3/c1-15-12-18(13-16(2)20(15)22)27-14-19(25)23-8-10-24(11-9-23)21(26)17-6-4-3-5-7-17/h12-13,17H,3-11,14H2,1-2H3. The van der Waals surface area contributed by atoms with E-state index in [-0.39, 0.29) is 24.3 Å². The molecule has 0 unspecified atom stereocenters. The summed E-state index contributed by atoms with van der Waals surface area (Å²) >= 11 is 6.17. The monoisotopic (exact) mass is 392 g/mol. The molecule has 0 aromatic heterocycles. The minimum atomic E-state index is -0.0370. The average Bonchev–Trinajstić information content (AvgIpc) is 2.70. The van der Waals surface area contributed by atoms with Crippen LogP contribution >= 0.6 is 11.6 Å². The molecule has 0 spiro atoms. The second kappa shape index (κ2) is 8.96. The van der Waals surface area contributed by atoms with Crippen molar-refractivity contribution in [2.45, 2.75) is 46.0 Å². The van der Waals surface area contributed by atoms with Crippen LogP contribution in [0.4, 0.5) is 0 Å². The zero-order valence-electron chi connectivity index (χ0n) is 16.3. The number of aryl methyl sites for hydroxylation is 2. The number of rotatable bonds is 4. The average molecular weight is 393 g/mol. The summed E-state index contributed by atoms with van der Waals surface area (Å²) in [5, 5.41) is 0.729. The Kier molecular flexibility index (Phi) is 6.64. The van der Waals surface area contributed by atoms with Gasteiger partial charge in [0.15, 0.2) is 6.61 Å². The highest BCUT2D eigenvalue weighted by molar-refractivity contribution is 6.32. The molecule has 1 saturated heterocycles. The van der Waals surface area contributed by atoms with Crippen LogP contribution in [0.15, 0.2) is 12.1 Å². The molecule has 1 aliphatic carbocycles. The van der Waals surface area contributed by atoms with Crippen molar-refractivity contribution in [3.05, 3.63) is 28.3 Å². The van der Waals surface area contributed by atoms with E-state index in [1.165, 1.54) is 6.42 Å². The Morgan fingerprint density at radius 2 is 1.56 bits per heavy atom. The molecule has 0 N–H and O–H groups in total. The van der Waals surface area contributed by atoms with E-state index in [1.807, 2.05) is 30.9 Å². The number of ether oxygens (including phenoxy) is 1. The molecule has 1 saturated carbocycles. The van der Waals surface area contributed by atoms with Crippen molar-refractivity contribution in [3.63, 3.8) is 0 Å². The lowest BCUT2D eigenvalue weighted by molar-refractivity contribution is -0.143. The van der Waals surface area contributed by atoms with Crippen LogP contribution in [-0.2, 0) is 9.59 Å². The minimum absolute atomic E-state index is 0.0110. The van der Waals surface area contributed by atoms with Crippen molar-refractivity contribution >= 4 is 23.4 Å². The number of hydrogen-bond acceptors (Lipinski definition) is 3. The van der Waals surface area contributed by atoms with Crippen LogP contribution in [0, 0.1) is 19.8 Å². The molecule has 2 aliphatic rings. The maximum Gasteiger partial charge on any atom is 0.260 e. The van der Waals surface area contributed by atoms with E-state index >= 15 is 0 Å². The van der Waals surface area contributed by atoms with Gasteiger partial charge >= 0.3 is 0 Å². The van der Waals surface area contributed by atoms with Crippen LogP contribution in [0.3, 0.4) is 0 Å². The molecule has 148 valence electrons. The largest absolute Gasteiger partial charge is 0.484 e. The van der Waals surface area contributed by atoms with E-state index in [0.29, 0.717) is 31.9 Å². The highest BCUT2D eigenvalue weighted by Gasteiger charge is 2.29. The molecule has 3 rings (SSSR count). The summed E-state index contributed by atoms with van der Waals surface area (Å²) < 4.78 is 5.68. The van der Waals surface area contributed by atoms with Gasteiger partial charge in [0.05, 0.1) is 0 Å². The molecule has 0 atom stereocenters. The first-order valence-electron chi connectivity index (χ1n) is 9.92. The van der Waals surface area contributed by atoms with E-state index in [1.54, 1.807) is 4.90 Å². The van der Waals surface area contributed by atoms with Crippen LogP contribution in [0.2, 0.25) is 5.02 Å². The van der Waals surface area contributed by atoms with Gasteiger partial charge in [0.1, 0.15) is 5.75 Å². The number of amides is 2. The topological polar surface area (TPSA) is 49.9 Å². The fourth-order valence-corrected chi connectivity index (χ4v) is 4.12. The highest BCUT2D eigenvalue weighted by atomic mass is 35.5. The van der Waals surface area contributed by atoms with Gasteiger partial charge < -0.3 is 14.5 Å². The van der Waals surface area contributed by atoms with Crippen LogP contribution in [0.1, 0.15) is 43.2 Å². The molecular weight excluding hydrogens is 364 g/mol. The summed E-state index contributed by atoms with van der Waals surface area (Å²) in [6, 6.07) is 3.70. The number of piperazine rings is 1. The summed E-state index contributed by atoms with van der Waals surface area (Å²) in [6.45, 7) is 6.27. The molecule has 27 heavy (non-hydrogen) atoms. The normalized spacial score (nSPS) is 18.5. The first kappa shape index (κ1) is 20.0. The van der Waals surface area contributed by atoms with Gasteiger partial charge in [0.25, 0.3) is 5.91 Å². The van der Waals surface area contributed by atoms with Gasteiger partial charge in [0, 0.05) is 37.1 Å². The third-order valence-corrected chi connectivity index (χ3v) is 6.27. The van der Waals surface area contributed by atoms with E-state index < -0.39 is 0 Å². The van der Waals surface area contributed by atoms with E-state index in [2.05, 4.69) is 0 Å². The number of nitrogens with zero attached hydrogens (tertiary/aromatic N) is 2. The second-order valence-corrected chi connectivity index (χ2v) is 8.08. The smallest absolute Gasteiger partial charge is 0.260 e. The summed E-state index contributed by atoms with van der Waals surface area (Å²) in [5.41, 5.74) is 1.88. The van der Waals surface area contributed by atoms with Gasteiger partial charge in [0.2, 0.25) is 5.91 Å². The Labute approximate surface area is 166 Å². The molecule has 1 aromatic rings. The summed E-state index contributed by atoms with van der Waals surface area (Å²) in [7, 11) is 0. The lowest BCUT2D eigenvalue weighted by Crippen LogP contribution is -2.53. The van der Waals surface area contributed by atoms with Crippen molar-refractivity contribution in [1.82, 2.24) is 9.80 Å². The molecule has 6 heteroatoms. The third kappa shape index (κ3) is 4.95. The lowest BCUT2D eigenvalue weighted by atomic mass is 9.88. The van der Waals surface area contributed by atoms with Crippen LogP contribution in [-0.4, -0.2) is 54.4 Å². The molecule has 2 amide bonds. The molecule has 1 aliphatic heterocycles. The maximum absolute atomic E-state index is 12.6. The Morgan fingerprint density at radius 1 is 1.00 bits per heavy atom. The van der Waals surface area contributed by atoms with E-state index in [9.17, 15) is 9.59 Å². The quantitative estimate of drug-likeness (QED) is 0.786. The van der Waals surface area contributed by atoms with Crippen molar-refractivity contribution in [1.29, 1.82) is 0 Å². The Balaban J connectivity index is 1.46. The summed E-state index contributed by atoms with van der Waals surface area (Å²) in [5.74, 6) is 1.10. The van der Waals surface area contributed by atoms with Crippen LogP contribution < -0.4 is 4.74 Å². The minimum Gasteiger partial charge on any atom is -0.484 e. The maximum atomic E-state index is 12.6. The number of benzene rings is 1. The first-order valence-corrected chi connectivity index (χ1v) is 10.3. The molecule has 1 aromatic carbocycles. The first-order chi connectivity index (χ1) is 13.0. The fraction of sp³-hybridized carbons (Fsp3) is 0.619. The van der Waals surface area contributed by atoms with Gasteiger partial charge in [-0.3, -0.25) is 9.59 Å². The van der Waals surface area contributed by atoms with Crippen molar-refractivity contribution in [2.75, 3.05) is 32.8 Å². The van der Waals surface area contributed by atoms with Crippen LogP contribution in [0.5, 0.6) is 5.75 Å². The number of halogens is 1. The zero-order valence-corrected chi connectivity index (χ0v) is 17.1. The molecular formula is C21H29ClN2O3. The second-order valence-electron chi connectivity index (χ2n) is 7.70. The molecule has 0 bridgehead atoms. The van der Waals surface area contributed by atoms with Crippen molar-refractivity contribution in [3.8, 4) is 5.75 Å². The van der Waals surface area contributed by atoms with E-state index in [4.69, 9.17) is 16.3 Å². The summed E-state index contributed by atoms with van der Waals surface area (Å²) in [6.07, 6.45) is 5.61. The fourth-order valence-electron chi connectivity index (χ4n) is 4.01. The number of carbonyl (C=O) groups excluding carboxylic acids is 2. The van der Waals surface area contributed by atoms with Crippen LogP contribution in [0.25, 0.3) is 0 Å². The number of carbonyl (C=O) groups is 2. The Bertz CT molecular complexity index is 670. The molecule has 0 radical (unpaired) electrons. The SMILES string of the molecule is Cc1cc(OCC(=O)N2CCN(C(=O)C3CCCCC3)CC2)cc(C)c1Cl. The predicted octanol–water partition coefficient (Wildman–Crippen LogP) is 3.59. The number of hydrogen-bond donors (Lipinski definition) is 0. The van der Waals surface area contributed by atoms with Crippen molar-refractivity contribution in [2.24, 2.45) is 5.92 Å². The molecule has 2 fully saturated rings.